The molecule has 4 nitrogen and oxygen atoms in total. The molecule has 0 bridgehead atoms. The van der Waals surface area contributed by atoms with Crippen molar-refractivity contribution in [2.24, 2.45) is 5.92 Å². The van der Waals surface area contributed by atoms with Gasteiger partial charge in [-0.2, -0.15) is 0 Å². The van der Waals surface area contributed by atoms with Gasteiger partial charge in [-0.05, 0) is 32.0 Å². The zero-order chi connectivity index (χ0) is 12.8. The molecule has 0 aromatic heterocycles. The van der Waals surface area contributed by atoms with Gasteiger partial charge in [0.15, 0.2) is 0 Å². The van der Waals surface area contributed by atoms with E-state index in [0.29, 0.717) is 30.4 Å². The van der Waals surface area contributed by atoms with Gasteiger partial charge in [-0.1, -0.05) is 12.1 Å². The normalized spacial score (nSPS) is 18.6. The van der Waals surface area contributed by atoms with Crippen molar-refractivity contribution >= 4 is 5.97 Å². The van der Waals surface area contributed by atoms with Gasteiger partial charge in [0.25, 0.3) is 0 Å². The molecule has 1 aliphatic heterocycles. The molecule has 0 aliphatic carbocycles. The first-order chi connectivity index (χ1) is 8.81. The van der Waals surface area contributed by atoms with Gasteiger partial charge in [0.2, 0.25) is 0 Å². The molecule has 1 aromatic rings. The lowest BCUT2D eigenvalue weighted by Gasteiger charge is -2.13. The highest BCUT2D eigenvalue weighted by Gasteiger charge is 2.17. The van der Waals surface area contributed by atoms with E-state index < -0.39 is 0 Å². The molecule has 1 saturated heterocycles. The number of ether oxygens (including phenoxy) is 2. The Morgan fingerprint density at radius 2 is 2.28 bits per heavy atom. The predicted octanol–water partition coefficient (Wildman–Crippen LogP) is 1.85. The second-order valence-corrected chi connectivity index (χ2v) is 4.39. The summed E-state index contributed by atoms with van der Waals surface area (Å²) in [6.07, 6.45) is 1.13. The summed E-state index contributed by atoms with van der Waals surface area (Å²) in [5, 5.41) is 3.29. The minimum atomic E-state index is -0.322. The molecule has 1 N–H and O–H groups in total. The van der Waals surface area contributed by atoms with Crippen molar-refractivity contribution in [3.63, 3.8) is 0 Å². The first-order valence-electron chi connectivity index (χ1n) is 6.41. The Bertz CT molecular complexity index is 400. The zero-order valence-corrected chi connectivity index (χ0v) is 10.6. The molecule has 0 radical (unpaired) electrons. The summed E-state index contributed by atoms with van der Waals surface area (Å²) >= 11 is 0. The summed E-state index contributed by atoms with van der Waals surface area (Å²) in [5.74, 6) is 0.820. The zero-order valence-electron chi connectivity index (χ0n) is 10.6. The van der Waals surface area contributed by atoms with E-state index in [4.69, 9.17) is 9.47 Å². The average molecular weight is 249 g/mol. The van der Waals surface area contributed by atoms with Crippen molar-refractivity contribution in [2.75, 3.05) is 26.3 Å². The monoisotopic (exact) mass is 249 g/mol. The van der Waals surface area contributed by atoms with Gasteiger partial charge in [-0.25, -0.2) is 4.79 Å². The lowest BCUT2D eigenvalue weighted by Crippen LogP contribution is -2.16. The molecule has 1 heterocycles. The van der Waals surface area contributed by atoms with Gasteiger partial charge in [0, 0.05) is 12.5 Å². The van der Waals surface area contributed by atoms with Crippen LogP contribution in [-0.4, -0.2) is 32.3 Å². The Morgan fingerprint density at radius 1 is 1.44 bits per heavy atom. The van der Waals surface area contributed by atoms with E-state index >= 15 is 0 Å². The molecule has 18 heavy (non-hydrogen) atoms. The van der Waals surface area contributed by atoms with Crippen LogP contribution in [-0.2, 0) is 4.74 Å². The number of hydrogen-bond donors (Lipinski definition) is 1. The highest BCUT2D eigenvalue weighted by molar-refractivity contribution is 5.92. The fourth-order valence-electron chi connectivity index (χ4n) is 2.03. The maximum Gasteiger partial charge on any atom is 0.341 e. The van der Waals surface area contributed by atoms with Crippen LogP contribution >= 0.6 is 0 Å². The van der Waals surface area contributed by atoms with Crippen molar-refractivity contribution in [2.45, 2.75) is 13.3 Å². The molecule has 1 fully saturated rings. The number of hydrogen-bond acceptors (Lipinski definition) is 4. The number of carbonyl (C=O) groups is 1. The molecule has 0 spiro atoms. The van der Waals surface area contributed by atoms with E-state index in [-0.39, 0.29) is 5.97 Å². The number of carbonyl (C=O) groups excluding carboxylic acids is 1. The Kier molecular flexibility index (Phi) is 4.59. The van der Waals surface area contributed by atoms with E-state index in [2.05, 4.69) is 5.32 Å². The first kappa shape index (κ1) is 12.9. The summed E-state index contributed by atoms with van der Waals surface area (Å²) in [5.41, 5.74) is 0.505. The summed E-state index contributed by atoms with van der Waals surface area (Å²) in [7, 11) is 0. The number of rotatable bonds is 5. The molecule has 0 amide bonds. The highest BCUT2D eigenvalue weighted by atomic mass is 16.5. The Balaban J connectivity index is 2.00. The van der Waals surface area contributed by atoms with Crippen molar-refractivity contribution in [1.29, 1.82) is 0 Å². The maximum absolute atomic E-state index is 11.7. The Labute approximate surface area is 107 Å². The quantitative estimate of drug-likeness (QED) is 0.809. The third kappa shape index (κ3) is 3.23. The predicted molar refractivity (Wildman–Crippen MR) is 68.9 cm³/mol. The lowest BCUT2D eigenvalue weighted by atomic mass is 10.1. The lowest BCUT2D eigenvalue weighted by molar-refractivity contribution is 0.0521. The van der Waals surface area contributed by atoms with Gasteiger partial charge in [-0.3, -0.25) is 0 Å². The summed E-state index contributed by atoms with van der Waals surface area (Å²) in [4.78, 5) is 11.7. The van der Waals surface area contributed by atoms with Gasteiger partial charge < -0.3 is 14.8 Å². The van der Waals surface area contributed by atoms with Crippen molar-refractivity contribution in [3.8, 4) is 5.75 Å². The summed E-state index contributed by atoms with van der Waals surface area (Å²) in [6, 6.07) is 7.23. The molecule has 1 atom stereocenters. The molecular weight excluding hydrogens is 230 g/mol. The molecule has 4 heteroatoms. The molecule has 1 aliphatic rings. The summed E-state index contributed by atoms with van der Waals surface area (Å²) < 4.78 is 10.8. The van der Waals surface area contributed by atoms with Crippen LogP contribution in [0.5, 0.6) is 5.75 Å². The van der Waals surface area contributed by atoms with E-state index in [1.54, 1.807) is 13.0 Å². The van der Waals surface area contributed by atoms with E-state index in [1.165, 1.54) is 0 Å². The third-order valence-electron chi connectivity index (χ3n) is 3.02. The van der Waals surface area contributed by atoms with Crippen LogP contribution in [0, 0.1) is 5.92 Å². The van der Waals surface area contributed by atoms with Crippen LogP contribution in [0.1, 0.15) is 23.7 Å². The number of esters is 1. The second kappa shape index (κ2) is 6.40. The van der Waals surface area contributed by atoms with Gasteiger partial charge in [0.05, 0.1) is 13.2 Å². The number of benzene rings is 1. The minimum absolute atomic E-state index is 0.322. The van der Waals surface area contributed by atoms with E-state index in [1.807, 2.05) is 18.2 Å². The maximum atomic E-state index is 11.7. The largest absolute Gasteiger partial charge is 0.492 e. The van der Waals surface area contributed by atoms with Crippen LogP contribution in [0.15, 0.2) is 24.3 Å². The van der Waals surface area contributed by atoms with E-state index in [9.17, 15) is 4.79 Å². The first-order valence-corrected chi connectivity index (χ1v) is 6.41. The van der Waals surface area contributed by atoms with Crippen LogP contribution in [0.3, 0.4) is 0 Å². The van der Waals surface area contributed by atoms with Gasteiger partial charge in [-0.15, -0.1) is 0 Å². The average Bonchev–Trinajstić information content (AvgIpc) is 2.90. The molecule has 98 valence electrons. The standard InChI is InChI=1S/C14H19NO3/c1-2-17-14(16)12-5-3-4-6-13(12)18-10-11-7-8-15-9-11/h3-6,11,15H,2,7-10H2,1H3/t11-/m0/s1. The smallest absolute Gasteiger partial charge is 0.341 e. The van der Waals surface area contributed by atoms with Crippen LogP contribution in [0.2, 0.25) is 0 Å². The third-order valence-corrected chi connectivity index (χ3v) is 3.02. The molecule has 0 unspecified atom stereocenters. The van der Waals surface area contributed by atoms with Crippen LogP contribution in [0.4, 0.5) is 0 Å². The van der Waals surface area contributed by atoms with Crippen LogP contribution in [0.25, 0.3) is 0 Å². The number of para-hydroxylation sites is 1. The topological polar surface area (TPSA) is 47.6 Å². The minimum Gasteiger partial charge on any atom is -0.492 e. The summed E-state index contributed by atoms with van der Waals surface area (Å²) in [6.45, 7) is 4.85. The van der Waals surface area contributed by atoms with Crippen molar-refractivity contribution in [3.05, 3.63) is 29.8 Å². The van der Waals surface area contributed by atoms with Crippen molar-refractivity contribution in [1.82, 2.24) is 5.32 Å². The highest BCUT2D eigenvalue weighted by Crippen LogP contribution is 2.20. The van der Waals surface area contributed by atoms with Gasteiger partial charge in [0.1, 0.15) is 11.3 Å². The number of nitrogens with one attached hydrogen (secondary N) is 1. The SMILES string of the molecule is CCOC(=O)c1ccccc1OC[C@H]1CCNC1. The fraction of sp³-hybridized carbons (Fsp3) is 0.500. The molecule has 1 aromatic carbocycles. The molecule has 2 rings (SSSR count). The molecular formula is C14H19NO3. The Hall–Kier alpha value is -1.55. The van der Waals surface area contributed by atoms with Crippen molar-refractivity contribution < 1.29 is 14.3 Å². The van der Waals surface area contributed by atoms with E-state index in [0.717, 1.165) is 19.5 Å². The molecule has 0 saturated carbocycles. The van der Waals surface area contributed by atoms with Gasteiger partial charge >= 0.3 is 5.97 Å². The second-order valence-electron chi connectivity index (χ2n) is 4.39. The fourth-order valence-corrected chi connectivity index (χ4v) is 2.03. The van der Waals surface area contributed by atoms with Crippen LogP contribution < -0.4 is 10.1 Å². The Morgan fingerprint density at radius 3 is 3.00 bits per heavy atom.